The van der Waals surface area contributed by atoms with E-state index < -0.39 is 11.7 Å². The molecule has 4 heteroatoms. The maximum atomic E-state index is 13.6. The predicted octanol–water partition coefficient (Wildman–Crippen LogP) is 15.2. The van der Waals surface area contributed by atoms with Gasteiger partial charge in [0.05, 0.1) is 5.56 Å². The second kappa shape index (κ2) is 16.0. The van der Waals surface area contributed by atoms with Crippen LogP contribution in [0.4, 0.5) is 18.9 Å². The van der Waals surface area contributed by atoms with E-state index in [1.54, 1.807) is 0 Å². The Balaban J connectivity index is 1.67. The molecule has 0 bridgehead atoms. The summed E-state index contributed by atoms with van der Waals surface area (Å²) in [7, 11) is 4.07. The van der Waals surface area contributed by atoms with Crippen LogP contribution in [0.5, 0.6) is 0 Å². The van der Waals surface area contributed by atoms with Crippen molar-refractivity contribution in [2.45, 2.75) is 111 Å². The Bertz CT molecular complexity index is 2770. The van der Waals surface area contributed by atoms with E-state index in [2.05, 4.69) is 191 Å². The van der Waals surface area contributed by atoms with Crippen LogP contribution in [-0.2, 0) is 27.8 Å². The van der Waals surface area contributed by atoms with Crippen molar-refractivity contribution >= 4 is 28.0 Å². The van der Waals surface area contributed by atoms with Crippen molar-refractivity contribution < 1.29 is 13.2 Å². The van der Waals surface area contributed by atoms with Gasteiger partial charge in [0, 0.05) is 64.3 Å². The minimum absolute atomic E-state index is 0.139. The van der Waals surface area contributed by atoms with Gasteiger partial charge in [0.1, 0.15) is 0 Å². The molecule has 2 aliphatic rings. The molecule has 0 atom stereocenters. The van der Waals surface area contributed by atoms with Gasteiger partial charge < -0.3 is 4.90 Å². The Labute approximate surface area is 374 Å². The van der Waals surface area contributed by atoms with Crippen molar-refractivity contribution in [2.75, 3.05) is 19.0 Å². The second-order valence-corrected chi connectivity index (χ2v) is 21.4. The van der Waals surface area contributed by atoms with Crippen LogP contribution in [0.15, 0.2) is 120 Å². The zero-order chi connectivity index (χ0) is 46.0. The average Bonchev–Trinajstić information content (AvgIpc) is 3.69. The van der Waals surface area contributed by atoms with E-state index in [0.29, 0.717) is 5.56 Å². The first-order valence-electron chi connectivity index (χ1n) is 21.9. The lowest BCUT2D eigenvalue weighted by atomic mass is 9.77. The minimum Gasteiger partial charge on any atom is -0.378 e. The fraction of sp³-hybridized carbons (Fsp3) is 0.322. The van der Waals surface area contributed by atoms with Gasteiger partial charge in [0.25, 0.3) is 0 Å². The van der Waals surface area contributed by atoms with E-state index in [4.69, 9.17) is 0 Å². The Morgan fingerprint density at radius 2 is 0.778 bits per heavy atom. The number of anilines is 1. The van der Waals surface area contributed by atoms with E-state index in [0.717, 1.165) is 79.1 Å². The van der Waals surface area contributed by atoms with Gasteiger partial charge in [-0.15, -0.1) is 0 Å². The maximum absolute atomic E-state index is 13.6. The summed E-state index contributed by atoms with van der Waals surface area (Å²) in [6, 6.07) is 36.0. The van der Waals surface area contributed by atoms with Crippen LogP contribution in [-0.4, -0.2) is 14.1 Å². The highest BCUT2D eigenvalue weighted by atomic mass is 19.4. The third kappa shape index (κ3) is 9.24. The smallest absolute Gasteiger partial charge is 0.378 e. The Kier molecular flexibility index (Phi) is 11.4. The summed E-state index contributed by atoms with van der Waals surface area (Å²) >= 11 is 0. The van der Waals surface area contributed by atoms with Crippen molar-refractivity contribution in [1.82, 2.24) is 0 Å². The van der Waals surface area contributed by atoms with E-state index >= 15 is 0 Å². The van der Waals surface area contributed by atoms with Gasteiger partial charge in [-0.1, -0.05) is 167 Å². The highest BCUT2D eigenvalue weighted by Crippen LogP contribution is 2.58. The predicted molar refractivity (Wildman–Crippen MR) is 261 cm³/mol. The molecule has 0 saturated carbocycles. The largest absolute Gasteiger partial charge is 0.416 e. The third-order valence-electron chi connectivity index (χ3n) is 12.1. The molecule has 0 radical (unpaired) electrons. The van der Waals surface area contributed by atoms with Gasteiger partial charge in [-0.05, 0) is 115 Å². The van der Waals surface area contributed by atoms with Gasteiger partial charge >= 0.3 is 6.18 Å². The molecule has 0 aromatic heterocycles. The first-order chi connectivity index (χ1) is 29.2. The normalized spacial score (nSPS) is 14.3. The first-order valence-corrected chi connectivity index (χ1v) is 21.9. The molecule has 322 valence electrons. The Morgan fingerprint density at radius 3 is 1.19 bits per heavy atom. The van der Waals surface area contributed by atoms with Crippen molar-refractivity contribution in [2.24, 2.45) is 0 Å². The van der Waals surface area contributed by atoms with Crippen LogP contribution in [0.25, 0.3) is 22.3 Å². The van der Waals surface area contributed by atoms with Crippen LogP contribution in [0.1, 0.15) is 144 Å². The number of fused-ring (bicyclic) bond motifs is 3. The molecule has 5 aromatic rings. The van der Waals surface area contributed by atoms with Crippen LogP contribution in [0, 0.1) is 23.7 Å². The summed E-state index contributed by atoms with van der Waals surface area (Å²) in [5.41, 5.74) is 16.3. The fourth-order valence-corrected chi connectivity index (χ4v) is 8.16. The van der Waals surface area contributed by atoms with Gasteiger partial charge in [-0.25, -0.2) is 0 Å². The molecular weight excluding hydrogens is 780 g/mol. The highest BCUT2D eigenvalue weighted by molar-refractivity contribution is 6.30. The molecule has 2 aliphatic carbocycles. The SMILES string of the molecule is CN(C)c1ccc(C#CC2=C(c3cc(C(C)(C)C)cc(C(C)(C)C)c3)C3=C(C#Cc4ccc(C(F)(F)F)cc4)c4ccccc4C3=C2c2cc(C(C)(C)C)cc(C(C)(C)C)c2)cc1. The number of hydrogen-bond donors (Lipinski definition) is 0. The summed E-state index contributed by atoms with van der Waals surface area (Å²) < 4.78 is 40.9. The molecule has 1 nitrogen and oxygen atoms in total. The number of hydrogen-bond acceptors (Lipinski definition) is 1. The number of alkyl halides is 3. The van der Waals surface area contributed by atoms with Gasteiger partial charge in [-0.3, -0.25) is 0 Å². The molecule has 0 unspecified atom stereocenters. The molecule has 7 rings (SSSR count). The molecule has 0 fully saturated rings. The fourth-order valence-electron chi connectivity index (χ4n) is 8.16. The lowest BCUT2D eigenvalue weighted by molar-refractivity contribution is -0.137. The second-order valence-electron chi connectivity index (χ2n) is 21.4. The Hall–Kier alpha value is -5.97. The van der Waals surface area contributed by atoms with Crippen LogP contribution < -0.4 is 4.90 Å². The summed E-state index contributed by atoms with van der Waals surface area (Å²) in [6.07, 6.45) is -4.43. The van der Waals surface area contributed by atoms with Gasteiger partial charge in [0.15, 0.2) is 0 Å². The third-order valence-corrected chi connectivity index (χ3v) is 12.1. The molecule has 0 heterocycles. The summed E-state index contributed by atoms with van der Waals surface area (Å²) in [6.45, 7) is 27.1. The monoisotopic (exact) mass is 839 g/mol. The summed E-state index contributed by atoms with van der Waals surface area (Å²) in [5, 5.41) is 0. The van der Waals surface area contributed by atoms with Crippen molar-refractivity contribution in [3.8, 4) is 23.7 Å². The molecule has 0 saturated heterocycles. The van der Waals surface area contributed by atoms with Gasteiger partial charge in [-0.2, -0.15) is 13.2 Å². The van der Waals surface area contributed by atoms with Crippen molar-refractivity contribution in [3.05, 3.63) is 182 Å². The number of allylic oxidation sites excluding steroid dienone is 6. The van der Waals surface area contributed by atoms with E-state index in [9.17, 15) is 13.2 Å². The van der Waals surface area contributed by atoms with E-state index in [1.165, 1.54) is 34.4 Å². The lowest BCUT2D eigenvalue weighted by Crippen LogP contribution is -2.17. The van der Waals surface area contributed by atoms with Crippen LogP contribution >= 0.6 is 0 Å². The molecular formula is C59H60F3N. The molecule has 0 aliphatic heterocycles. The average molecular weight is 840 g/mol. The van der Waals surface area contributed by atoms with Crippen LogP contribution in [0.2, 0.25) is 0 Å². The van der Waals surface area contributed by atoms with Crippen molar-refractivity contribution in [3.63, 3.8) is 0 Å². The van der Waals surface area contributed by atoms with E-state index in [-0.39, 0.29) is 21.7 Å². The number of nitrogens with zero attached hydrogens (tertiary/aromatic N) is 1. The quantitative estimate of drug-likeness (QED) is 0.164. The summed E-state index contributed by atoms with van der Waals surface area (Å²) in [4.78, 5) is 2.08. The number of halogens is 3. The molecule has 5 aromatic carbocycles. The zero-order valence-corrected chi connectivity index (χ0v) is 39.5. The number of rotatable bonds is 3. The minimum atomic E-state index is -4.43. The van der Waals surface area contributed by atoms with E-state index in [1.807, 2.05) is 20.2 Å². The zero-order valence-electron chi connectivity index (χ0n) is 39.5. The van der Waals surface area contributed by atoms with Crippen LogP contribution in [0.3, 0.4) is 0 Å². The lowest BCUT2D eigenvalue weighted by Gasteiger charge is -2.27. The molecule has 63 heavy (non-hydrogen) atoms. The summed E-state index contributed by atoms with van der Waals surface area (Å²) in [5.74, 6) is 14.3. The first kappa shape index (κ1) is 45.1. The standard InChI is InChI=1S/C59H60F3N/c1-55(2,3)42-31-39(32-43(35-42)56(4,5)6)51-50(30-24-38-21-27-46(28-22-38)63(13)14)52(40-33-44(57(7,8)9)36-45(34-40)58(10,11)12)54-49(47-17-15-16-18-48(47)53(51)54)29-23-37-19-25-41(26-20-37)59(60,61)62/h15-22,25-28,31-36H,1-14H3. The van der Waals surface area contributed by atoms with Gasteiger partial charge in [0.2, 0.25) is 0 Å². The molecule has 0 N–H and O–H groups in total. The molecule has 0 amide bonds. The number of benzene rings is 5. The Morgan fingerprint density at radius 1 is 0.381 bits per heavy atom. The maximum Gasteiger partial charge on any atom is 0.416 e. The van der Waals surface area contributed by atoms with Crippen molar-refractivity contribution in [1.29, 1.82) is 0 Å². The topological polar surface area (TPSA) is 3.24 Å². The molecule has 0 spiro atoms. The highest BCUT2D eigenvalue weighted by Gasteiger charge is 2.40.